The second kappa shape index (κ2) is 10.3. The van der Waals surface area contributed by atoms with Gasteiger partial charge in [-0.3, -0.25) is 14.9 Å². The van der Waals surface area contributed by atoms with Crippen molar-refractivity contribution in [3.63, 3.8) is 0 Å². The van der Waals surface area contributed by atoms with Crippen LogP contribution >= 0.6 is 0 Å². The number of nitrogens with zero attached hydrogens (tertiary/aromatic N) is 1. The lowest BCUT2D eigenvalue weighted by atomic mass is 10.1. The van der Waals surface area contributed by atoms with Crippen molar-refractivity contribution in [1.29, 1.82) is 0 Å². The first kappa shape index (κ1) is 23.8. The van der Waals surface area contributed by atoms with Crippen molar-refractivity contribution in [3.05, 3.63) is 94.6 Å². The molecule has 178 valence electrons. The normalized spacial score (nSPS) is 14.8. The van der Waals surface area contributed by atoms with E-state index < -0.39 is 17.8 Å². The number of nitrogens with one attached hydrogen (secondary N) is 1. The van der Waals surface area contributed by atoms with Gasteiger partial charge in [-0.25, -0.2) is 9.69 Å². The molecule has 0 unspecified atom stereocenters. The number of rotatable bonds is 7. The molecule has 1 aliphatic rings. The summed E-state index contributed by atoms with van der Waals surface area (Å²) in [5.41, 5.74) is 4.27. The van der Waals surface area contributed by atoms with Crippen molar-refractivity contribution in [3.8, 4) is 11.5 Å². The van der Waals surface area contributed by atoms with Crippen LogP contribution in [0.25, 0.3) is 6.08 Å². The first-order valence-corrected chi connectivity index (χ1v) is 11.3. The minimum atomic E-state index is -0.795. The van der Waals surface area contributed by atoms with Crippen LogP contribution in [0.3, 0.4) is 0 Å². The molecule has 0 atom stereocenters. The Balaban J connectivity index is 1.49. The van der Waals surface area contributed by atoms with E-state index in [-0.39, 0.29) is 5.57 Å². The van der Waals surface area contributed by atoms with E-state index in [2.05, 4.69) is 23.5 Å². The topological polar surface area (TPSA) is 84.9 Å². The lowest BCUT2D eigenvalue weighted by Crippen LogP contribution is -2.54. The van der Waals surface area contributed by atoms with E-state index in [1.165, 1.54) is 17.2 Å². The van der Waals surface area contributed by atoms with Crippen LogP contribution in [0.15, 0.2) is 72.3 Å². The molecule has 4 amide bonds. The highest BCUT2D eigenvalue weighted by Gasteiger charge is 2.36. The van der Waals surface area contributed by atoms with Crippen LogP contribution in [0.2, 0.25) is 0 Å². The maximum Gasteiger partial charge on any atom is 0.335 e. The average molecular weight is 471 g/mol. The van der Waals surface area contributed by atoms with Gasteiger partial charge in [-0.2, -0.15) is 0 Å². The molecule has 0 aromatic heterocycles. The number of anilines is 1. The molecular weight excluding hydrogens is 444 g/mol. The second-order valence-electron chi connectivity index (χ2n) is 8.24. The van der Waals surface area contributed by atoms with E-state index >= 15 is 0 Å². The predicted octanol–water partition coefficient (Wildman–Crippen LogP) is 4.95. The number of benzene rings is 3. The van der Waals surface area contributed by atoms with E-state index in [1.807, 2.05) is 20.8 Å². The van der Waals surface area contributed by atoms with Crippen molar-refractivity contribution in [1.82, 2.24) is 5.32 Å². The fraction of sp³-hybridized carbons (Fsp3) is 0.179. The van der Waals surface area contributed by atoms with Gasteiger partial charge in [0.05, 0.1) is 12.3 Å². The van der Waals surface area contributed by atoms with Gasteiger partial charge in [0.1, 0.15) is 23.7 Å². The van der Waals surface area contributed by atoms with Gasteiger partial charge >= 0.3 is 6.03 Å². The molecular formula is C28H26N2O5. The van der Waals surface area contributed by atoms with E-state index in [0.717, 1.165) is 10.5 Å². The summed E-state index contributed by atoms with van der Waals surface area (Å²) in [5.74, 6) is -0.153. The highest BCUT2D eigenvalue weighted by atomic mass is 16.5. The summed E-state index contributed by atoms with van der Waals surface area (Å²) < 4.78 is 11.3. The molecule has 4 rings (SSSR count). The number of aryl methyl sites for hydroxylation is 2. The number of barbiturate groups is 1. The maximum absolute atomic E-state index is 13.1. The minimum Gasteiger partial charge on any atom is -0.494 e. The summed E-state index contributed by atoms with van der Waals surface area (Å²) >= 11 is 0. The fourth-order valence-electron chi connectivity index (χ4n) is 3.90. The lowest BCUT2D eigenvalue weighted by molar-refractivity contribution is -0.122. The summed E-state index contributed by atoms with van der Waals surface area (Å²) in [7, 11) is 0. The van der Waals surface area contributed by atoms with Gasteiger partial charge in [-0.05, 0) is 74.4 Å². The Morgan fingerprint density at radius 3 is 2.06 bits per heavy atom. The third-order valence-electron chi connectivity index (χ3n) is 5.39. The van der Waals surface area contributed by atoms with Crippen molar-refractivity contribution >= 4 is 29.6 Å². The van der Waals surface area contributed by atoms with Crippen LogP contribution in [-0.4, -0.2) is 24.5 Å². The number of carbonyl (C=O) groups excluding carboxylic acids is 3. The third kappa shape index (κ3) is 5.58. The van der Waals surface area contributed by atoms with Gasteiger partial charge < -0.3 is 9.47 Å². The highest BCUT2D eigenvalue weighted by Crippen LogP contribution is 2.25. The molecule has 0 aliphatic carbocycles. The number of imide groups is 2. The average Bonchev–Trinajstić information content (AvgIpc) is 2.82. The summed E-state index contributed by atoms with van der Waals surface area (Å²) in [6, 6.07) is 19.0. The highest BCUT2D eigenvalue weighted by molar-refractivity contribution is 6.39. The number of hydrogen-bond acceptors (Lipinski definition) is 5. The number of amides is 4. The van der Waals surface area contributed by atoms with Gasteiger partial charge in [0.2, 0.25) is 0 Å². The smallest absolute Gasteiger partial charge is 0.335 e. The SMILES string of the molecule is CCOc1ccc(N2C(=O)NC(=O)/C(=C\c3ccc(OCc4cc(C)cc(C)c4)cc3)C2=O)cc1. The van der Waals surface area contributed by atoms with Crippen LogP contribution in [0.5, 0.6) is 11.5 Å². The molecule has 35 heavy (non-hydrogen) atoms. The van der Waals surface area contributed by atoms with Crippen LogP contribution in [0, 0.1) is 13.8 Å². The summed E-state index contributed by atoms with van der Waals surface area (Å²) in [6.07, 6.45) is 1.46. The Hall–Kier alpha value is -4.39. The molecule has 3 aromatic carbocycles. The molecule has 7 heteroatoms. The molecule has 1 N–H and O–H groups in total. The molecule has 7 nitrogen and oxygen atoms in total. The fourth-order valence-corrected chi connectivity index (χ4v) is 3.90. The molecule has 1 saturated heterocycles. The van der Waals surface area contributed by atoms with Crippen molar-refractivity contribution < 1.29 is 23.9 Å². The Morgan fingerprint density at radius 2 is 1.43 bits per heavy atom. The zero-order valence-corrected chi connectivity index (χ0v) is 19.8. The van der Waals surface area contributed by atoms with Crippen LogP contribution in [0.1, 0.15) is 29.2 Å². The van der Waals surface area contributed by atoms with E-state index in [1.54, 1.807) is 48.5 Å². The quantitative estimate of drug-likeness (QED) is 0.390. The van der Waals surface area contributed by atoms with E-state index in [4.69, 9.17) is 9.47 Å². The molecule has 0 radical (unpaired) electrons. The molecule has 0 spiro atoms. The van der Waals surface area contributed by atoms with Gasteiger partial charge in [0.25, 0.3) is 11.8 Å². The van der Waals surface area contributed by atoms with Crippen LogP contribution in [0.4, 0.5) is 10.5 Å². The van der Waals surface area contributed by atoms with Crippen molar-refractivity contribution in [2.75, 3.05) is 11.5 Å². The largest absolute Gasteiger partial charge is 0.494 e. The third-order valence-corrected chi connectivity index (χ3v) is 5.39. The molecule has 0 bridgehead atoms. The first-order valence-electron chi connectivity index (χ1n) is 11.3. The lowest BCUT2D eigenvalue weighted by Gasteiger charge is -2.26. The summed E-state index contributed by atoms with van der Waals surface area (Å²) in [6.45, 7) is 6.89. The van der Waals surface area contributed by atoms with Gasteiger partial charge in [0.15, 0.2) is 0 Å². The second-order valence-corrected chi connectivity index (χ2v) is 8.24. The van der Waals surface area contributed by atoms with Crippen LogP contribution < -0.4 is 19.7 Å². The molecule has 3 aromatic rings. The van der Waals surface area contributed by atoms with Crippen LogP contribution in [-0.2, 0) is 16.2 Å². The first-order chi connectivity index (χ1) is 16.8. The minimum absolute atomic E-state index is 0.137. The maximum atomic E-state index is 13.1. The Bertz CT molecular complexity index is 1270. The van der Waals surface area contributed by atoms with Crippen molar-refractivity contribution in [2.24, 2.45) is 0 Å². The molecule has 0 saturated carbocycles. The van der Waals surface area contributed by atoms with Gasteiger partial charge in [-0.15, -0.1) is 0 Å². The zero-order chi connectivity index (χ0) is 24.9. The Morgan fingerprint density at radius 1 is 0.829 bits per heavy atom. The number of urea groups is 1. The molecule has 1 heterocycles. The Kier molecular flexibility index (Phi) is 6.96. The number of hydrogen-bond donors (Lipinski definition) is 1. The van der Waals surface area contributed by atoms with Gasteiger partial charge in [0, 0.05) is 0 Å². The number of carbonyl (C=O) groups is 3. The Labute approximate surface area is 204 Å². The molecule has 1 fully saturated rings. The zero-order valence-electron chi connectivity index (χ0n) is 19.8. The monoisotopic (exact) mass is 470 g/mol. The van der Waals surface area contributed by atoms with E-state index in [0.29, 0.717) is 36.0 Å². The van der Waals surface area contributed by atoms with Crippen molar-refractivity contribution in [2.45, 2.75) is 27.4 Å². The summed E-state index contributed by atoms with van der Waals surface area (Å²) in [4.78, 5) is 38.8. The number of ether oxygens (including phenoxy) is 2. The van der Waals surface area contributed by atoms with Gasteiger partial charge in [-0.1, -0.05) is 41.5 Å². The molecule has 1 aliphatic heterocycles. The standard InChI is InChI=1S/C28H26N2O5/c1-4-34-23-11-7-22(8-12-23)30-27(32)25(26(31)29-28(30)33)16-20-5-9-24(10-6-20)35-17-21-14-18(2)13-19(3)15-21/h5-16H,4,17H2,1-3H3,(H,29,31,33)/b25-16+. The predicted molar refractivity (Wildman–Crippen MR) is 133 cm³/mol. The summed E-state index contributed by atoms with van der Waals surface area (Å²) in [5, 5.41) is 2.23. The van der Waals surface area contributed by atoms with E-state index in [9.17, 15) is 14.4 Å².